The first kappa shape index (κ1) is 18.5. The highest BCUT2D eigenvalue weighted by atomic mass is 16.2. The SMILES string of the molecule is CN1CC[C@@]2(CCC1=O)CN(C(=O)c1ccnc(-n3cnnc3)c1)CCN2C. The molecule has 4 rings (SSSR count). The van der Waals surface area contributed by atoms with Gasteiger partial charge in [0.15, 0.2) is 0 Å². The Hall–Kier alpha value is -2.81. The summed E-state index contributed by atoms with van der Waals surface area (Å²) >= 11 is 0. The van der Waals surface area contributed by atoms with Gasteiger partial charge in [0.25, 0.3) is 5.91 Å². The second kappa shape index (κ2) is 7.31. The number of carbonyl (C=O) groups is 2. The summed E-state index contributed by atoms with van der Waals surface area (Å²) in [6.45, 7) is 2.82. The Balaban J connectivity index is 1.55. The van der Waals surface area contributed by atoms with E-state index in [0.29, 0.717) is 30.9 Å². The van der Waals surface area contributed by atoms with Crippen molar-refractivity contribution in [1.29, 1.82) is 0 Å². The van der Waals surface area contributed by atoms with Crippen LogP contribution in [0.15, 0.2) is 31.0 Å². The smallest absolute Gasteiger partial charge is 0.254 e. The van der Waals surface area contributed by atoms with Crippen molar-refractivity contribution in [2.45, 2.75) is 24.8 Å². The summed E-state index contributed by atoms with van der Waals surface area (Å²) < 4.78 is 1.68. The highest BCUT2D eigenvalue weighted by Crippen LogP contribution is 2.32. The van der Waals surface area contributed by atoms with Gasteiger partial charge in [0.2, 0.25) is 5.91 Å². The lowest BCUT2D eigenvalue weighted by atomic mass is 9.86. The molecule has 148 valence electrons. The zero-order valence-corrected chi connectivity index (χ0v) is 16.3. The van der Waals surface area contributed by atoms with Crippen LogP contribution in [0.5, 0.6) is 0 Å². The van der Waals surface area contributed by atoms with Gasteiger partial charge in [-0.1, -0.05) is 0 Å². The molecule has 0 unspecified atom stereocenters. The highest BCUT2D eigenvalue weighted by molar-refractivity contribution is 5.94. The van der Waals surface area contributed by atoms with Crippen LogP contribution in [-0.4, -0.2) is 92.1 Å². The molecule has 0 saturated carbocycles. The number of likely N-dealkylation sites (tertiary alicyclic amines) is 1. The van der Waals surface area contributed by atoms with Crippen LogP contribution in [0, 0.1) is 0 Å². The second-order valence-corrected chi connectivity index (χ2v) is 7.71. The molecule has 0 radical (unpaired) electrons. The second-order valence-electron chi connectivity index (χ2n) is 7.71. The van der Waals surface area contributed by atoms with Gasteiger partial charge in [0, 0.05) is 56.9 Å². The topological polar surface area (TPSA) is 87.5 Å². The molecule has 2 saturated heterocycles. The Labute approximate surface area is 164 Å². The van der Waals surface area contributed by atoms with Crippen molar-refractivity contribution in [1.82, 2.24) is 34.4 Å². The normalized spacial score (nSPS) is 23.9. The lowest BCUT2D eigenvalue weighted by Gasteiger charge is -2.49. The number of nitrogens with zero attached hydrogens (tertiary/aromatic N) is 7. The maximum absolute atomic E-state index is 13.2. The van der Waals surface area contributed by atoms with Crippen LogP contribution in [0.25, 0.3) is 5.82 Å². The molecule has 0 aliphatic carbocycles. The van der Waals surface area contributed by atoms with Gasteiger partial charge in [-0.3, -0.25) is 19.1 Å². The van der Waals surface area contributed by atoms with E-state index < -0.39 is 0 Å². The van der Waals surface area contributed by atoms with Gasteiger partial charge < -0.3 is 9.80 Å². The van der Waals surface area contributed by atoms with Gasteiger partial charge >= 0.3 is 0 Å². The molecular formula is C19H25N7O2. The van der Waals surface area contributed by atoms with E-state index in [-0.39, 0.29) is 17.4 Å². The average Bonchev–Trinajstić information content (AvgIpc) is 3.22. The van der Waals surface area contributed by atoms with Gasteiger partial charge in [-0.2, -0.15) is 0 Å². The maximum Gasteiger partial charge on any atom is 0.254 e. The van der Waals surface area contributed by atoms with Crippen LogP contribution in [-0.2, 0) is 4.79 Å². The summed E-state index contributed by atoms with van der Waals surface area (Å²) in [5, 5.41) is 7.58. The van der Waals surface area contributed by atoms with Crippen LogP contribution in [0.3, 0.4) is 0 Å². The molecule has 0 N–H and O–H groups in total. The van der Waals surface area contributed by atoms with Crippen LogP contribution < -0.4 is 0 Å². The number of pyridine rings is 1. The van der Waals surface area contributed by atoms with Crippen LogP contribution in [0.4, 0.5) is 0 Å². The molecule has 0 aromatic carbocycles. The zero-order chi connectivity index (χ0) is 19.7. The molecule has 2 aliphatic heterocycles. The van der Waals surface area contributed by atoms with Crippen molar-refractivity contribution >= 4 is 11.8 Å². The third-order valence-corrected chi connectivity index (χ3v) is 6.11. The lowest BCUT2D eigenvalue weighted by molar-refractivity contribution is -0.129. The first-order valence-corrected chi connectivity index (χ1v) is 9.54. The van der Waals surface area contributed by atoms with E-state index >= 15 is 0 Å². The monoisotopic (exact) mass is 383 g/mol. The van der Waals surface area contributed by atoms with E-state index in [4.69, 9.17) is 0 Å². The van der Waals surface area contributed by atoms with Crippen molar-refractivity contribution in [3.8, 4) is 5.82 Å². The number of hydrogen-bond acceptors (Lipinski definition) is 6. The third-order valence-electron chi connectivity index (χ3n) is 6.11. The minimum absolute atomic E-state index is 0.00636. The molecule has 2 fully saturated rings. The number of amides is 2. The fourth-order valence-corrected chi connectivity index (χ4v) is 4.13. The van der Waals surface area contributed by atoms with Crippen LogP contribution in [0.1, 0.15) is 29.6 Å². The first-order valence-electron chi connectivity index (χ1n) is 9.54. The largest absolute Gasteiger partial charge is 0.346 e. The molecule has 4 heterocycles. The Bertz CT molecular complexity index is 869. The standard InChI is InChI=1S/C19H25N7O2/c1-23-8-6-19(5-3-17(23)27)12-25(10-9-24(19)2)18(28)15-4-7-20-16(11-15)26-13-21-22-14-26/h4,7,11,13-14H,3,5-6,8-10,12H2,1-2H3/t19-/m0/s1. The molecular weight excluding hydrogens is 358 g/mol. The Morgan fingerprint density at radius 3 is 2.68 bits per heavy atom. The third kappa shape index (κ3) is 3.37. The van der Waals surface area contributed by atoms with Crippen molar-refractivity contribution in [2.24, 2.45) is 0 Å². The minimum atomic E-state index is -0.154. The van der Waals surface area contributed by atoms with Gasteiger partial charge in [0.1, 0.15) is 18.5 Å². The van der Waals surface area contributed by atoms with Crippen molar-refractivity contribution in [3.05, 3.63) is 36.5 Å². The predicted molar refractivity (Wildman–Crippen MR) is 102 cm³/mol. The van der Waals surface area contributed by atoms with E-state index in [9.17, 15) is 9.59 Å². The number of hydrogen-bond donors (Lipinski definition) is 0. The zero-order valence-electron chi connectivity index (χ0n) is 16.3. The summed E-state index contributed by atoms with van der Waals surface area (Å²) in [6.07, 6.45) is 6.92. The summed E-state index contributed by atoms with van der Waals surface area (Å²) in [5.41, 5.74) is 0.443. The molecule has 1 spiro atoms. The minimum Gasteiger partial charge on any atom is -0.346 e. The molecule has 1 atom stereocenters. The molecule has 9 nitrogen and oxygen atoms in total. The molecule has 2 aliphatic rings. The highest BCUT2D eigenvalue weighted by Gasteiger charge is 2.43. The lowest BCUT2D eigenvalue weighted by Crippen LogP contribution is -2.62. The molecule has 2 aromatic heterocycles. The number of likely N-dealkylation sites (N-methyl/N-ethyl adjacent to an activating group) is 1. The Kier molecular flexibility index (Phi) is 4.84. The summed E-state index contributed by atoms with van der Waals surface area (Å²) in [4.78, 5) is 35.7. The van der Waals surface area contributed by atoms with E-state index in [1.807, 2.05) is 11.9 Å². The summed E-state index contributed by atoms with van der Waals surface area (Å²) in [7, 11) is 3.96. The fourth-order valence-electron chi connectivity index (χ4n) is 4.13. The van der Waals surface area contributed by atoms with Crippen molar-refractivity contribution in [2.75, 3.05) is 40.3 Å². The Morgan fingerprint density at radius 2 is 1.89 bits per heavy atom. The molecule has 2 aromatic rings. The van der Waals surface area contributed by atoms with Gasteiger partial charge in [-0.05, 0) is 32.0 Å². The fraction of sp³-hybridized carbons (Fsp3) is 0.526. The van der Waals surface area contributed by atoms with E-state index in [1.54, 1.807) is 40.5 Å². The summed E-state index contributed by atoms with van der Waals surface area (Å²) in [5.74, 6) is 0.788. The van der Waals surface area contributed by atoms with E-state index in [1.165, 1.54) is 0 Å². The number of carbonyl (C=O) groups excluding carboxylic acids is 2. The van der Waals surface area contributed by atoms with Crippen LogP contribution >= 0.6 is 0 Å². The summed E-state index contributed by atoms with van der Waals surface area (Å²) in [6, 6.07) is 3.51. The average molecular weight is 383 g/mol. The van der Waals surface area contributed by atoms with E-state index in [0.717, 1.165) is 25.9 Å². The number of aromatic nitrogens is 4. The van der Waals surface area contributed by atoms with Crippen LogP contribution in [0.2, 0.25) is 0 Å². The molecule has 9 heteroatoms. The Morgan fingerprint density at radius 1 is 1.11 bits per heavy atom. The van der Waals surface area contributed by atoms with E-state index in [2.05, 4.69) is 27.1 Å². The number of rotatable bonds is 2. The molecule has 28 heavy (non-hydrogen) atoms. The van der Waals surface area contributed by atoms with Crippen molar-refractivity contribution in [3.63, 3.8) is 0 Å². The van der Waals surface area contributed by atoms with Gasteiger partial charge in [-0.25, -0.2) is 4.98 Å². The maximum atomic E-state index is 13.2. The van der Waals surface area contributed by atoms with Gasteiger partial charge in [0.05, 0.1) is 0 Å². The first-order chi connectivity index (χ1) is 13.5. The predicted octanol–water partition coefficient (Wildman–Crippen LogP) is 0.431. The van der Waals surface area contributed by atoms with Crippen molar-refractivity contribution < 1.29 is 9.59 Å². The quantitative estimate of drug-likeness (QED) is 0.747. The molecule has 2 amide bonds. The van der Waals surface area contributed by atoms with Gasteiger partial charge in [-0.15, -0.1) is 10.2 Å². The molecule has 0 bridgehead atoms. The number of piperazine rings is 1.